The molecule has 1 atom stereocenters. The Morgan fingerprint density at radius 3 is 2.54 bits per heavy atom. The van der Waals surface area contributed by atoms with Gasteiger partial charge in [0.2, 0.25) is 0 Å². The molecule has 2 heterocycles. The zero-order valence-corrected chi connectivity index (χ0v) is 16.6. The second-order valence-electron chi connectivity index (χ2n) is 7.09. The van der Waals surface area contributed by atoms with E-state index in [9.17, 15) is 9.59 Å². The van der Waals surface area contributed by atoms with E-state index in [1.807, 2.05) is 17.9 Å². The largest absolute Gasteiger partial charge is 0.497 e. The van der Waals surface area contributed by atoms with Crippen molar-refractivity contribution in [1.82, 2.24) is 15.2 Å². The van der Waals surface area contributed by atoms with E-state index in [2.05, 4.69) is 10.3 Å². The first-order chi connectivity index (χ1) is 13.5. The van der Waals surface area contributed by atoms with Crippen LogP contribution in [0.2, 0.25) is 0 Å². The van der Waals surface area contributed by atoms with Crippen LogP contribution in [0.25, 0.3) is 0 Å². The normalized spacial score (nSPS) is 16.5. The van der Waals surface area contributed by atoms with Crippen LogP contribution >= 0.6 is 0 Å². The van der Waals surface area contributed by atoms with Crippen molar-refractivity contribution in [2.75, 3.05) is 33.9 Å². The molecule has 2 aromatic rings. The van der Waals surface area contributed by atoms with Crippen LogP contribution in [-0.2, 0) is 0 Å². The fourth-order valence-electron chi connectivity index (χ4n) is 3.55. The Morgan fingerprint density at radius 2 is 1.93 bits per heavy atom. The highest BCUT2D eigenvalue weighted by Crippen LogP contribution is 2.23. The minimum atomic E-state index is -0.179. The average Bonchev–Trinajstić information content (AvgIpc) is 3.16. The maximum Gasteiger partial charge on any atom is 0.255 e. The third-order valence-electron chi connectivity index (χ3n) is 5.16. The fraction of sp³-hybridized carbons (Fsp3) is 0.429. The van der Waals surface area contributed by atoms with Gasteiger partial charge in [-0.15, -0.1) is 0 Å². The molecule has 0 saturated carbocycles. The Hall–Kier alpha value is -2.96. The number of hydrogen-bond acceptors (Lipinski definition) is 4. The zero-order chi connectivity index (χ0) is 20.1. The minimum Gasteiger partial charge on any atom is -0.497 e. The van der Waals surface area contributed by atoms with E-state index >= 15 is 0 Å². The quantitative estimate of drug-likeness (QED) is 0.801. The third-order valence-corrected chi connectivity index (χ3v) is 5.16. The molecule has 28 heavy (non-hydrogen) atoms. The number of aromatic nitrogens is 1. The van der Waals surface area contributed by atoms with Crippen LogP contribution in [-0.4, -0.2) is 55.6 Å². The van der Waals surface area contributed by atoms with E-state index in [4.69, 9.17) is 9.47 Å². The van der Waals surface area contributed by atoms with Gasteiger partial charge in [-0.1, -0.05) is 0 Å². The number of aryl methyl sites for hydroxylation is 1. The third kappa shape index (κ3) is 4.47. The van der Waals surface area contributed by atoms with E-state index in [-0.39, 0.29) is 17.7 Å². The highest BCUT2D eigenvalue weighted by molar-refractivity contribution is 5.96. The Bertz CT molecular complexity index is 824. The number of likely N-dealkylation sites (tertiary alicyclic amines) is 1. The molecular formula is C21H27N3O4. The number of amides is 2. The lowest BCUT2D eigenvalue weighted by Gasteiger charge is -2.33. The summed E-state index contributed by atoms with van der Waals surface area (Å²) in [4.78, 5) is 30.2. The summed E-state index contributed by atoms with van der Waals surface area (Å²) in [6.07, 6.45) is 3.70. The summed E-state index contributed by atoms with van der Waals surface area (Å²) in [5.41, 5.74) is 2.09. The van der Waals surface area contributed by atoms with Crippen molar-refractivity contribution in [1.29, 1.82) is 0 Å². The number of rotatable bonds is 6. The lowest BCUT2D eigenvalue weighted by atomic mass is 9.97. The van der Waals surface area contributed by atoms with Crippen LogP contribution in [0.4, 0.5) is 0 Å². The number of carbonyl (C=O) groups is 2. The van der Waals surface area contributed by atoms with Crippen molar-refractivity contribution in [2.24, 2.45) is 5.92 Å². The predicted octanol–water partition coefficient (Wildman–Crippen LogP) is 2.62. The van der Waals surface area contributed by atoms with Crippen molar-refractivity contribution in [3.63, 3.8) is 0 Å². The molecule has 1 aromatic carbocycles. The molecule has 1 saturated heterocycles. The van der Waals surface area contributed by atoms with E-state index in [1.54, 1.807) is 38.6 Å². The number of ether oxygens (including phenoxy) is 2. The molecule has 1 aliphatic rings. The summed E-state index contributed by atoms with van der Waals surface area (Å²) >= 11 is 0. The topological polar surface area (TPSA) is 83.7 Å². The van der Waals surface area contributed by atoms with Gasteiger partial charge in [0.1, 0.15) is 11.5 Å². The molecule has 3 rings (SSSR count). The predicted molar refractivity (Wildman–Crippen MR) is 106 cm³/mol. The first-order valence-electron chi connectivity index (χ1n) is 9.46. The van der Waals surface area contributed by atoms with E-state index < -0.39 is 0 Å². The van der Waals surface area contributed by atoms with Crippen molar-refractivity contribution >= 4 is 11.8 Å². The van der Waals surface area contributed by atoms with Crippen molar-refractivity contribution in [2.45, 2.75) is 19.8 Å². The van der Waals surface area contributed by atoms with Gasteiger partial charge in [-0.3, -0.25) is 9.59 Å². The number of nitrogens with zero attached hydrogens (tertiary/aromatic N) is 1. The number of H-pyrrole nitrogens is 1. The molecule has 7 heteroatoms. The van der Waals surface area contributed by atoms with Gasteiger partial charge in [-0.2, -0.15) is 0 Å². The molecule has 1 aliphatic heterocycles. The molecule has 0 bridgehead atoms. The fourth-order valence-corrected chi connectivity index (χ4v) is 3.55. The standard InChI is InChI=1S/C21H27N3O4/c1-14-19(6-7-22-14)21(26)24-8-4-5-15(13-24)12-23-20(25)16-9-17(27-2)11-18(10-16)28-3/h6-7,9-11,15,22H,4-5,8,12-13H2,1-3H3,(H,23,25)/t15-/m0/s1. The molecule has 0 spiro atoms. The summed E-state index contributed by atoms with van der Waals surface area (Å²) in [5, 5.41) is 2.98. The number of benzene rings is 1. The van der Waals surface area contributed by atoms with Gasteiger partial charge >= 0.3 is 0 Å². The highest BCUT2D eigenvalue weighted by Gasteiger charge is 2.26. The van der Waals surface area contributed by atoms with Crippen LogP contribution in [0, 0.1) is 12.8 Å². The van der Waals surface area contributed by atoms with Gasteiger partial charge in [0, 0.05) is 43.2 Å². The molecular weight excluding hydrogens is 358 g/mol. The van der Waals surface area contributed by atoms with Crippen molar-refractivity contribution in [3.05, 3.63) is 47.3 Å². The first kappa shape index (κ1) is 19.8. The summed E-state index contributed by atoms with van der Waals surface area (Å²) in [6.45, 7) is 3.82. The second-order valence-corrected chi connectivity index (χ2v) is 7.09. The van der Waals surface area contributed by atoms with Gasteiger partial charge in [-0.25, -0.2) is 0 Å². The summed E-state index contributed by atoms with van der Waals surface area (Å²) in [7, 11) is 3.10. The lowest BCUT2D eigenvalue weighted by Crippen LogP contribution is -2.43. The number of carbonyl (C=O) groups excluding carboxylic acids is 2. The van der Waals surface area contributed by atoms with Gasteiger partial charge in [0.05, 0.1) is 19.8 Å². The van der Waals surface area contributed by atoms with Gasteiger partial charge in [-0.05, 0) is 43.9 Å². The molecule has 1 fully saturated rings. The number of piperidine rings is 1. The number of aromatic amines is 1. The zero-order valence-electron chi connectivity index (χ0n) is 16.6. The SMILES string of the molecule is COc1cc(OC)cc(C(=O)NC[C@@H]2CCCN(C(=O)c3cc[nH]c3C)C2)c1. The number of methoxy groups -OCH3 is 2. The second kappa shape index (κ2) is 8.82. The van der Waals surface area contributed by atoms with Crippen LogP contribution in [0.1, 0.15) is 39.3 Å². The molecule has 0 aliphatic carbocycles. The Labute approximate surface area is 165 Å². The lowest BCUT2D eigenvalue weighted by molar-refractivity contribution is 0.0670. The van der Waals surface area contributed by atoms with E-state index in [0.29, 0.717) is 35.7 Å². The summed E-state index contributed by atoms with van der Waals surface area (Å²) in [5.74, 6) is 1.24. The number of nitrogens with one attached hydrogen (secondary N) is 2. The molecule has 150 valence electrons. The highest BCUT2D eigenvalue weighted by atomic mass is 16.5. The smallest absolute Gasteiger partial charge is 0.255 e. The Balaban J connectivity index is 1.59. The molecule has 0 unspecified atom stereocenters. The molecule has 2 N–H and O–H groups in total. The van der Waals surface area contributed by atoms with Gasteiger partial charge in [0.25, 0.3) is 11.8 Å². The van der Waals surface area contributed by atoms with Crippen molar-refractivity contribution in [3.8, 4) is 11.5 Å². The van der Waals surface area contributed by atoms with Crippen LogP contribution in [0.5, 0.6) is 11.5 Å². The maximum atomic E-state index is 12.7. The molecule has 2 amide bonds. The first-order valence-corrected chi connectivity index (χ1v) is 9.46. The van der Waals surface area contributed by atoms with Crippen LogP contribution in [0.15, 0.2) is 30.5 Å². The van der Waals surface area contributed by atoms with E-state index in [0.717, 1.165) is 25.1 Å². The Kier molecular flexibility index (Phi) is 6.23. The molecule has 0 radical (unpaired) electrons. The van der Waals surface area contributed by atoms with Gasteiger partial charge < -0.3 is 24.7 Å². The molecule has 1 aromatic heterocycles. The number of hydrogen-bond donors (Lipinski definition) is 2. The van der Waals surface area contributed by atoms with Crippen molar-refractivity contribution < 1.29 is 19.1 Å². The summed E-state index contributed by atoms with van der Waals surface area (Å²) in [6, 6.07) is 6.91. The Morgan fingerprint density at radius 1 is 1.21 bits per heavy atom. The van der Waals surface area contributed by atoms with Crippen LogP contribution < -0.4 is 14.8 Å². The van der Waals surface area contributed by atoms with E-state index in [1.165, 1.54) is 0 Å². The molecule has 7 nitrogen and oxygen atoms in total. The minimum absolute atomic E-state index is 0.0484. The van der Waals surface area contributed by atoms with Crippen LogP contribution in [0.3, 0.4) is 0 Å². The van der Waals surface area contributed by atoms with Gasteiger partial charge in [0.15, 0.2) is 0 Å². The maximum absolute atomic E-state index is 12.7. The average molecular weight is 385 g/mol. The summed E-state index contributed by atoms with van der Waals surface area (Å²) < 4.78 is 10.4. The monoisotopic (exact) mass is 385 g/mol.